The molecule has 0 aliphatic heterocycles. The summed E-state index contributed by atoms with van der Waals surface area (Å²) in [5.74, 6) is 0.707. The van der Waals surface area contributed by atoms with Gasteiger partial charge < -0.3 is 4.74 Å². The van der Waals surface area contributed by atoms with Gasteiger partial charge >= 0.3 is 5.69 Å². The molecule has 0 saturated heterocycles. The Morgan fingerprint density at radius 3 is 2.79 bits per heavy atom. The molecule has 2 aromatic rings. The van der Waals surface area contributed by atoms with Crippen molar-refractivity contribution >= 4 is 11.6 Å². The minimum atomic E-state index is -0.537. The van der Waals surface area contributed by atoms with Gasteiger partial charge in [-0.15, -0.1) is 0 Å². The lowest BCUT2D eigenvalue weighted by molar-refractivity contribution is 0.293. The van der Waals surface area contributed by atoms with Gasteiger partial charge in [0.1, 0.15) is 17.5 Å². The minimum absolute atomic E-state index is 0.0332. The summed E-state index contributed by atoms with van der Waals surface area (Å²) in [5.41, 5.74) is 0.103. The quantitative estimate of drug-likeness (QED) is 0.865. The fraction of sp³-hybridized carbons (Fsp3) is 0.231. The molecule has 0 fully saturated rings. The molecule has 0 amide bonds. The molecule has 0 radical (unpaired) electrons. The number of aromatic nitrogens is 2. The number of ether oxygens (including phenoxy) is 1. The Hall–Kier alpha value is -2.01. The van der Waals surface area contributed by atoms with Gasteiger partial charge in [0.25, 0.3) is 5.56 Å². The summed E-state index contributed by atoms with van der Waals surface area (Å²) in [5, 5.41) is 0.0332. The summed E-state index contributed by atoms with van der Waals surface area (Å²) in [6.45, 7) is 2.36. The molecule has 2 rings (SSSR count). The number of halogens is 1. The Bertz CT molecular complexity index is 660. The zero-order chi connectivity index (χ0) is 13.8. The van der Waals surface area contributed by atoms with E-state index >= 15 is 0 Å². The fourth-order valence-electron chi connectivity index (χ4n) is 1.66. The first kappa shape index (κ1) is 13.4. The number of hydrogen-bond donors (Lipinski definition) is 1. The van der Waals surface area contributed by atoms with Gasteiger partial charge in [-0.2, -0.15) is 0 Å². The molecular formula is C13H13ClN2O3. The van der Waals surface area contributed by atoms with Crippen LogP contribution in [0.25, 0.3) is 0 Å². The lowest BCUT2D eigenvalue weighted by Gasteiger charge is -2.08. The van der Waals surface area contributed by atoms with Gasteiger partial charge in [-0.3, -0.25) is 14.3 Å². The van der Waals surface area contributed by atoms with Crippen molar-refractivity contribution < 1.29 is 4.74 Å². The first-order chi connectivity index (χ1) is 9.06. The summed E-state index contributed by atoms with van der Waals surface area (Å²) in [6, 6.07) is 8.71. The van der Waals surface area contributed by atoms with E-state index in [1.807, 2.05) is 31.2 Å². The molecule has 5 nitrogen and oxygen atoms in total. The van der Waals surface area contributed by atoms with Crippen LogP contribution in [0.2, 0.25) is 5.15 Å². The van der Waals surface area contributed by atoms with Crippen molar-refractivity contribution in [3.05, 3.63) is 61.9 Å². The molecule has 1 aromatic heterocycles. The molecule has 0 aliphatic rings. The second kappa shape index (κ2) is 5.75. The van der Waals surface area contributed by atoms with Crippen LogP contribution in [0.4, 0.5) is 0 Å². The Balaban J connectivity index is 2.04. The molecule has 6 heteroatoms. The summed E-state index contributed by atoms with van der Waals surface area (Å²) in [6.07, 6.45) is 0. The smallest absolute Gasteiger partial charge is 0.329 e. The molecule has 19 heavy (non-hydrogen) atoms. The summed E-state index contributed by atoms with van der Waals surface area (Å²) in [4.78, 5) is 25.4. The predicted octanol–water partition coefficient (Wildman–Crippen LogP) is 1.58. The average molecular weight is 281 g/mol. The average Bonchev–Trinajstić information content (AvgIpc) is 2.32. The van der Waals surface area contributed by atoms with Crippen molar-refractivity contribution in [3.8, 4) is 5.75 Å². The molecule has 0 aliphatic carbocycles. The highest BCUT2D eigenvalue weighted by Crippen LogP contribution is 2.11. The van der Waals surface area contributed by atoms with Gasteiger partial charge in [0.2, 0.25) is 0 Å². The van der Waals surface area contributed by atoms with Crippen LogP contribution >= 0.6 is 11.6 Å². The highest BCUT2D eigenvalue weighted by molar-refractivity contribution is 6.29. The standard InChI is InChI=1S/C13H13ClN2O3/c1-9-3-2-4-10(7-9)19-6-5-16-12(17)8-11(14)15-13(16)18/h2-4,7-8H,5-6H2,1H3,(H,15,18). The number of nitrogens with one attached hydrogen (secondary N) is 1. The van der Waals surface area contributed by atoms with E-state index in [0.717, 1.165) is 16.2 Å². The number of aromatic amines is 1. The van der Waals surface area contributed by atoms with Crippen LogP contribution < -0.4 is 16.0 Å². The fourth-order valence-corrected chi connectivity index (χ4v) is 1.84. The van der Waals surface area contributed by atoms with Crippen LogP contribution in [0, 0.1) is 6.92 Å². The molecule has 1 N–H and O–H groups in total. The van der Waals surface area contributed by atoms with E-state index in [9.17, 15) is 9.59 Å². The third-order valence-corrected chi connectivity index (χ3v) is 2.76. The molecule has 0 bridgehead atoms. The van der Waals surface area contributed by atoms with E-state index in [2.05, 4.69) is 4.98 Å². The second-order valence-electron chi connectivity index (χ2n) is 4.08. The highest BCUT2D eigenvalue weighted by atomic mass is 35.5. The zero-order valence-corrected chi connectivity index (χ0v) is 11.1. The number of nitrogens with zero attached hydrogens (tertiary/aromatic N) is 1. The lowest BCUT2D eigenvalue weighted by atomic mass is 10.2. The Morgan fingerprint density at radius 2 is 2.11 bits per heavy atom. The van der Waals surface area contributed by atoms with Gasteiger partial charge in [0.15, 0.2) is 0 Å². The number of rotatable bonds is 4. The van der Waals surface area contributed by atoms with Crippen molar-refractivity contribution in [2.75, 3.05) is 6.61 Å². The maximum atomic E-state index is 11.6. The normalized spacial score (nSPS) is 10.4. The maximum Gasteiger partial charge on any atom is 0.329 e. The predicted molar refractivity (Wildman–Crippen MR) is 73.0 cm³/mol. The molecule has 0 spiro atoms. The third-order valence-electron chi connectivity index (χ3n) is 2.56. The largest absolute Gasteiger partial charge is 0.492 e. The van der Waals surface area contributed by atoms with Crippen LogP contribution in [0.15, 0.2) is 39.9 Å². The van der Waals surface area contributed by atoms with E-state index in [1.54, 1.807) is 0 Å². The van der Waals surface area contributed by atoms with Crippen molar-refractivity contribution in [3.63, 3.8) is 0 Å². The van der Waals surface area contributed by atoms with E-state index in [1.165, 1.54) is 0 Å². The van der Waals surface area contributed by atoms with E-state index < -0.39 is 11.2 Å². The van der Waals surface area contributed by atoms with Crippen LogP contribution in [-0.4, -0.2) is 16.2 Å². The van der Waals surface area contributed by atoms with E-state index in [-0.39, 0.29) is 18.3 Å². The van der Waals surface area contributed by atoms with Crippen LogP contribution in [0.3, 0.4) is 0 Å². The van der Waals surface area contributed by atoms with Crippen LogP contribution in [0.1, 0.15) is 5.56 Å². The summed E-state index contributed by atoms with van der Waals surface area (Å²) >= 11 is 5.57. The molecule has 1 aromatic carbocycles. The molecule has 0 atom stereocenters. The van der Waals surface area contributed by atoms with Crippen LogP contribution in [-0.2, 0) is 6.54 Å². The Labute approximate surface area is 114 Å². The number of hydrogen-bond acceptors (Lipinski definition) is 3. The summed E-state index contributed by atoms with van der Waals surface area (Å²) < 4.78 is 6.53. The second-order valence-corrected chi connectivity index (χ2v) is 4.48. The number of benzene rings is 1. The number of aryl methyl sites for hydroxylation is 1. The maximum absolute atomic E-state index is 11.6. The van der Waals surface area contributed by atoms with Gasteiger partial charge in [-0.25, -0.2) is 4.79 Å². The van der Waals surface area contributed by atoms with Gasteiger partial charge in [-0.1, -0.05) is 23.7 Å². The topological polar surface area (TPSA) is 64.1 Å². The minimum Gasteiger partial charge on any atom is -0.492 e. The third kappa shape index (κ3) is 3.48. The first-order valence-corrected chi connectivity index (χ1v) is 6.13. The zero-order valence-electron chi connectivity index (χ0n) is 10.4. The SMILES string of the molecule is Cc1cccc(OCCn2c(=O)cc(Cl)[nH]c2=O)c1. The molecule has 100 valence electrons. The monoisotopic (exact) mass is 280 g/mol. The van der Waals surface area contributed by atoms with Crippen molar-refractivity contribution in [2.24, 2.45) is 0 Å². The number of H-pyrrole nitrogens is 1. The van der Waals surface area contributed by atoms with Gasteiger partial charge in [0.05, 0.1) is 6.54 Å². The summed E-state index contributed by atoms with van der Waals surface area (Å²) in [7, 11) is 0. The first-order valence-electron chi connectivity index (χ1n) is 5.75. The Kier molecular flexibility index (Phi) is 4.06. The molecule has 0 unspecified atom stereocenters. The van der Waals surface area contributed by atoms with Gasteiger partial charge in [0, 0.05) is 6.07 Å². The van der Waals surface area contributed by atoms with Crippen LogP contribution in [0.5, 0.6) is 5.75 Å². The van der Waals surface area contributed by atoms with Crippen molar-refractivity contribution in [1.82, 2.24) is 9.55 Å². The van der Waals surface area contributed by atoms with Crippen molar-refractivity contribution in [1.29, 1.82) is 0 Å². The highest BCUT2D eigenvalue weighted by Gasteiger charge is 2.03. The molecule has 0 saturated carbocycles. The molecule has 1 heterocycles. The lowest BCUT2D eigenvalue weighted by Crippen LogP contribution is -2.36. The van der Waals surface area contributed by atoms with Crippen molar-refractivity contribution in [2.45, 2.75) is 13.5 Å². The van der Waals surface area contributed by atoms with E-state index in [4.69, 9.17) is 16.3 Å². The molecular weight excluding hydrogens is 268 g/mol. The van der Waals surface area contributed by atoms with E-state index in [0.29, 0.717) is 5.75 Å². The van der Waals surface area contributed by atoms with Gasteiger partial charge in [-0.05, 0) is 24.6 Å². The Morgan fingerprint density at radius 1 is 1.32 bits per heavy atom.